The first-order chi connectivity index (χ1) is 6.09. The highest BCUT2D eigenvalue weighted by molar-refractivity contribution is 5.80. The molecule has 0 spiro atoms. The van der Waals surface area contributed by atoms with Gasteiger partial charge in [-0.1, -0.05) is 13.0 Å². The number of amides is 1. The van der Waals surface area contributed by atoms with E-state index in [2.05, 4.69) is 0 Å². The van der Waals surface area contributed by atoms with E-state index in [0.717, 1.165) is 12.6 Å². The van der Waals surface area contributed by atoms with Crippen LogP contribution in [0, 0.1) is 5.92 Å². The molecule has 1 unspecified atom stereocenters. The maximum absolute atomic E-state index is 11.2. The predicted octanol–water partition coefficient (Wildman–Crippen LogP) is 0.496. The molecule has 1 N–H and O–H groups in total. The molecule has 0 aromatic rings. The molecule has 72 valence electrons. The van der Waals surface area contributed by atoms with Gasteiger partial charge in [0, 0.05) is 25.6 Å². The first-order valence-electron chi connectivity index (χ1n) is 4.27. The molecule has 0 saturated carbocycles. The zero-order valence-corrected chi connectivity index (χ0v) is 7.56. The van der Waals surface area contributed by atoms with E-state index in [1.807, 2.05) is 6.92 Å². The minimum absolute atomic E-state index is 0.113. The number of hydrogen-bond acceptors (Lipinski definition) is 2. The van der Waals surface area contributed by atoms with Crippen molar-refractivity contribution in [1.82, 2.24) is 4.90 Å². The molecule has 0 radical (unpaired) electrons. The highest BCUT2D eigenvalue weighted by Gasteiger charge is 2.24. The van der Waals surface area contributed by atoms with E-state index >= 15 is 0 Å². The van der Waals surface area contributed by atoms with Crippen molar-refractivity contribution in [3.63, 3.8) is 0 Å². The molecule has 1 aliphatic rings. The van der Waals surface area contributed by atoms with Crippen molar-refractivity contribution in [1.29, 1.82) is 0 Å². The topological polar surface area (TPSA) is 57.6 Å². The summed E-state index contributed by atoms with van der Waals surface area (Å²) in [5.41, 5.74) is 0. The average Bonchev–Trinajstić information content (AvgIpc) is 2.29. The first-order valence-corrected chi connectivity index (χ1v) is 4.27. The third-order valence-corrected chi connectivity index (χ3v) is 1.99. The van der Waals surface area contributed by atoms with Crippen LogP contribution in [0.4, 0.5) is 0 Å². The zero-order chi connectivity index (χ0) is 9.84. The van der Waals surface area contributed by atoms with Gasteiger partial charge >= 0.3 is 5.97 Å². The average molecular weight is 183 g/mol. The molecule has 4 heteroatoms. The molecule has 1 heterocycles. The Morgan fingerprint density at radius 3 is 2.92 bits per heavy atom. The Bertz CT molecular complexity index is 247. The lowest BCUT2D eigenvalue weighted by Crippen LogP contribution is -2.25. The molecule has 1 amide bonds. The maximum Gasteiger partial charge on any atom is 0.328 e. The molecule has 1 atom stereocenters. The largest absolute Gasteiger partial charge is 0.478 e. The Kier molecular flexibility index (Phi) is 3.06. The highest BCUT2D eigenvalue weighted by Crippen LogP contribution is 2.15. The summed E-state index contributed by atoms with van der Waals surface area (Å²) in [7, 11) is 0. The molecule has 1 rings (SSSR count). The second kappa shape index (κ2) is 4.07. The van der Waals surface area contributed by atoms with Crippen LogP contribution in [0.15, 0.2) is 12.2 Å². The van der Waals surface area contributed by atoms with Gasteiger partial charge in [0.25, 0.3) is 0 Å². The van der Waals surface area contributed by atoms with Gasteiger partial charge in [-0.05, 0) is 5.92 Å². The minimum atomic E-state index is -0.973. The normalized spacial score (nSPS) is 23.0. The molecular formula is C9H13NO3. The number of carbonyl (C=O) groups excluding carboxylic acids is 1. The number of likely N-dealkylation sites (tertiary alicyclic amines) is 1. The molecule has 0 bridgehead atoms. The van der Waals surface area contributed by atoms with Crippen molar-refractivity contribution in [3.05, 3.63) is 12.2 Å². The standard InChI is InChI=1S/C9H13NO3/c1-7-5-8(11)10(6-7)4-2-3-9(12)13/h2-3,7H,4-6H2,1H3,(H,12,13). The molecule has 13 heavy (non-hydrogen) atoms. The number of aliphatic carboxylic acids is 1. The van der Waals surface area contributed by atoms with E-state index in [9.17, 15) is 9.59 Å². The van der Waals surface area contributed by atoms with Crippen LogP contribution in [0.2, 0.25) is 0 Å². The van der Waals surface area contributed by atoms with Crippen molar-refractivity contribution in [2.45, 2.75) is 13.3 Å². The quantitative estimate of drug-likeness (QED) is 0.648. The van der Waals surface area contributed by atoms with Gasteiger partial charge in [-0.3, -0.25) is 4.79 Å². The summed E-state index contributed by atoms with van der Waals surface area (Å²) in [6.45, 7) is 3.16. The SMILES string of the molecule is CC1CC(=O)N(CC=CC(=O)O)C1. The molecule has 1 fully saturated rings. The van der Waals surface area contributed by atoms with Gasteiger partial charge in [-0.2, -0.15) is 0 Å². The van der Waals surface area contributed by atoms with E-state index in [1.165, 1.54) is 6.08 Å². The minimum Gasteiger partial charge on any atom is -0.478 e. The number of hydrogen-bond donors (Lipinski definition) is 1. The monoisotopic (exact) mass is 183 g/mol. The highest BCUT2D eigenvalue weighted by atomic mass is 16.4. The van der Waals surface area contributed by atoms with Gasteiger partial charge in [0.05, 0.1) is 0 Å². The summed E-state index contributed by atoms with van der Waals surface area (Å²) in [5, 5.41) is 8.32. The molecule has 1 aliphatic heterocycles. The van der Waals surface area contributed by atoms with Gasteiger partial charge in [-0.25, -0.2) is 4.79 Å². The first kappa shape index (κ1) is 9.77. The van der Waals surface area contributed by atoms with E-state index in [4.69, 9.17) is 5.11 Å². The van der Waals surface area contributed by atoms with E-state index in [0.29, 0.717) is 18.9 Å². The molecular weight excluding hydrogens is 170 g/mol. The molecule has 0 aromatic carbocycles. The van der Waals surface area contributed by atoms with Crippen LogP contribution in [0.3, 0.4) is 0 Å². The van der Waals surface area contributed by atoms with Crippen LogP contribution in [0.5, 0.6) is 0 Å². The third-order valence-electron chi connectivity index (χ3n) is 1.99. The lowest BCUT2D eigenvalue weighted by molar-refractivity contribution is -0.131. The zero-order valence-electron chi connectivity index (χ0n) is 7.56. The van der Waals surface area contributed by atoms with E-state index < -0.39 is 5.97 Å². The molecule has 0 aliphatic carbocycles. The summed E-state index contributed by atoms with van der Waals surface area (Å²) in [4.78, 5) is 23.0. The Morgan fingerprint density at radius 1 is 1.77 bits per heavy atom. The molecule has 0 aromatic heterocycles. The van der Waals surface area contributed by atoms with Gasteiger partial charge in [-0.15, -0.1) is 0 Å². The summed E-state index contributed by atoms with van der Waals surface area (Å²) in [6, 6.07) is 0. The van der Waals surface area contributed by atoms with Crippen LogP contribution in [0.1, 0.15) is 13.3 Å². The van der Waals surface area contributed by atoms with Crippen LogP contribution < -0.4 is 0 Å². The summed E-state index contributed by atoms with van der Waals surface area (Å²) >= 11 is 0. The van der Waals surface area contributed by atoms with Crippen molar-refractivity contribution in [2.24, 2.45) is 5.92 Å². The fraction of sp³-hybridized carbons (Fsp3) is 0.556. The van der Waals surface area contributed by atoms with E-state index in [-0.39, 0.29) is 5.91 Å². The summed E-state index contributed by atoms with van der Waals surface area (Å²) in [5.74, 6) is -0.465. The van der Waals surface area contributed by atoms with Crippen molar-refractivity contribution in [2.75, 3.05) is 13.1 Å². The Morgan fingerprint density at radius 2 is 2.46 bits per heavy atom. The third kappa shape index (κ3) is 2.89. The second-order valence-electron chi connectivity index (χ2n) is 3.35. The number of rotatable bonds is 3. The lowest BCUT2D eigenvalue weighted by Gasteiger charge is -2.12. The molecule has 1 saturated heterocycles. The van der Waals surface area contributed by atoms with Gasteiger partial charge in [0.1, 0.15) is 0 Å². The van der Waals surface area contributed by atoms with Crippen LogP contribution in [-0.2, 0) is 9.59 Å². The lowest BCUT2D eigenvalue weighted by atomic mass is 10.2. The second-order valence-corrected chi connectivity index (χ2v) is 3.35. The van der Waals surface area contributed by atoms with Crippen LogP contribution >= 0.6 is 0 Å². The Hall–Kier alpha value is -1.32. The number of carbonyl (C=O) groups is 2. The Labute approximate surface area is 76.8 Å². The smallest absolute Gasteiger partial charge is 0.328 e. The fourth-order valence-corrected chi connectivity index (χ4v) is 1.43. The van der Waals surface area contributed by atoms with Gasteiger partial charge < -0.3 is 10.0 Å². The summed E-state index contributed by atoms with van der Waals surface area (Å²) in [6.07, 6.45) is 3.15. The predicted molar refractivity (Wildman–Crippen MR) is 47.1 cm³/mol. The summed E-state index contributed by atoms with van der Waals surface area (Å²) < 4.78 is 0. The number of carboxylic acids is 1. The van der Waals surface area contributed by atoms with Crippen molar-refractivity contribution >= 4 is 11.9 Å². The van der Waals surface area contributed by atoms with Crippen molar-refractivity contribution < 1.29 is 14.7 Å². The fourth-order valence-electron chi connectivity index (χ4n) is 1.43. The van der Waals surface area contributed by atoms with Crippen LogP contribution in [0.25, 0.3) is 0 Å². The van der Waals surface area contributed by atoms with E-state index in [1.54, 1.807) is 4.90 Å². The molecule has 4 nitrogen and oxygen atoms in total. The number of nitrogens with zero attached hydrogens (tertiary/aromatic N) is 1. The van der Waals surface area contributed by atoms with Crippen LogP contribution in [-0.4, -0.2) is 35.0 Å². The van der Waals surface area contributed by atoms with Gasteiger partial charge in [0.15, 0.2) is 0 Å². The van der Waals surface area contributed by atoms with Crippen molar-refractivity contribution in [3.8, 4) is 0 Å². The number of carboxylic acid groups (broad SMARTS) is 1. The maximum atomic E-state index is 11.2. The Balaban J connectivity index is 2.38. The van der Waals surface area contributed by atoms with Gasteiger partial charge in [0.2, 0.25) is 5.91 Å².